The lowest BCUT2D eigenvalue weighted by atomic mass is 10.1. The monoisotopic (exact) mass is 360 g/mol. The van der Waals surface area contributed by atoms with E-state index < -0.39 is 11.0 Å². The van der Waals surface area contributed by atoms with Crippen molar-refractivity contribution in [3.63, 3.8) is 0 Å². The Morgan fingerprint density at radius 2 is 1.19 bits per heavy atom. The average molecular weight is 360 g/mol. The minimum Gasteiger partial charge on any atom is -0.326 e. The molecular weight excluding hydrogens is 336 g/mol. The Labute approximate surface area is 133 Å². The van der Waals surface area contributed by atoms with Crippen LogP contribution in [-0.4, -0.2) is 42.2 Å². The molecule has 21 heavy (non-hydrogen) atoms. The van der Waals surface area contributed by atoms with Crippen LogP contribution in [0.2, 0.25) is 0 Å². The molecule has 0 bridgehead atoms. The predicted octanol–water partition coefficient (Wildman–Crippen LogP) is 5.29. The van der Waals surface area contributed by atoms with E-state index in [4.69, 9.17) is 0 Å². The summed E-state index contributed by atoms with van der Waals surface area (Å²) in [5.74, 6) is 0. The van der Waals surface area contributed by atoms with Crippen molar-refractivity contribution in [1.82, 2.24) is 0 Å². The first kappa shape index (κ1) is 23.5. The molecule has 0 atom stereocenters. The summed E-state index contributed by atoms with van der Waals surface area (Å²) in [5.41, 5.74) is -8.61. The third-order valence-electron chi connectivity index (χ3n) is 2.95. The van der Waals surface area contributed by atoms with Crippen LogP contribution in [0.1, 0.15) is 39.0 Å². The van der Waals surface area contributed by atoms with Gasteiger partial charge in [0.1, 0.15) is 0 Å². The van der Waals surface area contributed by atoms with Gasteiger partial charge in [-0.25, -0.2) is 0 Å². The number of hydrogen-bond acceptors (Lipinski definition) is 2. The molecule has 1 fully saturated rings. The fourth-order valence-corrected chi connectivity index (χ4v) is 2.04. The molecule has 0 aromatic heterocycles. The lowest BCUT2D eigenvalue weighted by Crippen LogP contribution is -2.48. The number of quaternary nitrogens is 1. The van der Waals surface area contributed by atoms with E-state index in [0.717, 1.165) is 0 Å². The molecule has 0 saturated carbocycles. The van der Waals surface area contributed by atoms with Gasteiger partial charge >= 0.3 is 11.0 Å². The van der Waals surface area contributed by atoms with E-state index >= 15 is 0 Å². The van der Waals surface area contributed by atoms with Crippen LogP contribution in [0, 0.1) is 0 Å². The summed E-state index contributed by atoms with van der Waals surface area (Å²) in [6.45, 7) is 6.56. The van der Waals surface area contributed by atoms with Crippen molar-refractivity contribution in [3.05, 3.63) is 0 Å². The predicted molar refractivity (Wildman–Crippen MR) is 79.6 cm³/mol. The lowest BCUT2D eigenvalue weighted by molar-refractivity contribution is -0.914. The highest BCUT2D eigenvalue weighted by Gasteiger charge is 2.23. The van der Waals surface area contributed by atoms with Gasteiger partial charge in [0.15, 0.2) is 0 Å². The molecule has 1 saturated heterocycles. The summed E-state index contributed by atoms with van der Waals surface area (Å²) >= 11 is 4.25. The van der Waals surface area contributed by atoms with E-state index in [0.29, 0.717) is 0 Å². The molecular formula is C12H24F6NS2+. The molecule has 0 aromatic carbocycles. The van der Waals surface area contributed by atoms with Gasteiger partial charge < -0.3 is 4.48 Å². The third kappa shape index (κ3) is 29.0. The summed E-state index contributed by atoms with van der Waals surface area (Å²) < 4.78 is 62.7. The third-order valence-corrected chi connectivity index (χ3v) is 2.95. The quantitative estimate of drug-likeness (QED) is 0.381. The second-order valence-corrected chi connectivity index (χ2v) is 6.15. The molecule has 0 unspecified atom stereocenters. The smallest absolute Gasteiger partial charge is 0.326 e. The lowest BCUT2D eigenvalue weighted by Gasteiger charge is -2.37. The topological polar surface area (TPSA) is 0 Å². The van der Waals surface area contributed by atoms with Crippen LogP contribution < -0.4 is 0 Å². The van der Waals surface area contributed by atoms with Gasteiger partial charge in [0.25, 0.3) is 0 Å². The molecule has 1 aliphatic rings. The van der Waals surface area contributed by atoms with Crippen molar-refractivity contribution in [1.29, 1.82) is 0 Å². The fraction of sp³-hybridized carbons (Fsp3) is 1.00. The molecule has 9 heteroatoms. The number of nitrogens with zero attached hydrogens (tertiary/aromatic N) is 1. The number of unbranched alkanes of at least 4 members (excludes halogenated alkanes) is 1. The summed E-state index contributed by atoms with van der Waals surface area (Å²) in [4.78, 5) is 0. The average Bonchev–Trinajstić information content (AvgIpc) is 2.23. The highest BCUT2D eigenvalue weighted by Crippen LogP contribution is 2.18. The number of likely N-dealkylation sites (tertiary alicyclic amines) is 1. The van der Waals surface area contributed by atoms with E-state index in [-0.39, 0.29) is 0 Å². The Kier molecular flexibility index (Phi) is 12.2. The van der Waals surface area contributed by atoms with Gasteiger partial charge in [0.05, 0.1) is 26.7 Å². The molecule has 130 valence electrons. The summed E-state index contributed by atoms with van der Waals surface area (Å²) in [7, 11) is 2.43. The van der Waals surface area contributed by atoms with Crippen LogP contribution in [0.4, 0.5) is 26.3 Å². The van der Waals surface area contributed by atoms with E-state index in [9.17, 15) is 26.3 Å². The van der Waals surface area contributed by atoms with Crippen molar-refractivity contribution in [2.24, 2.45) is 0 Å². The molecule has 0 aliphatic carbocycles. The van der Waals surface area contributed by atoms with E-state index in [2.05, 4.69) is 39.2 Å². The summed E-state index contributed by atoms with van der Waals surface area (Å²) in [5, 5.41) is 0. The van der Waals surface area contributed by atoms with Gasteiger partial charge in [-0.05, 0) is 25.7 Å². The minimum absolute atomic E-state index is 1.36. The van der Waals surface area contributed by atoms with Crippen molar-refractivity contribution < 1.29 is 30.8 Å². The van der Waals surface area contributed by atoms with Crippen LogP contribution in [0.5, 0.6) is 0 Å². The highest BCUT2D eigenvalue weighted by atomic mass is 32.1. The maximum atomic E-state index is 10.2. The molecule has 1 aliphatic heterocycles. The standard InChI is InChI=1S/C10H22N.2CHF3S/c1-3-4-8-11(2)9-6-5-7-10-11;2*2-1(3,4)5/h3-10H2,1-2H3;2*5H/q+1;;. The molecule has 0 N–H and O–H groups in total. The molecule has 1 rings (SSSR count). The zero-order chi connectivity index (χ0) is 17.2. The van der Waals surface area contributed by atoms with E-state index in [1.165, 1.54) is 56.2 Å². The maximum Gasteiger partial charge on any atom is 0.438 e. The van der Waals surface area contributed by atoms with E-state index in [1.807, 2.05) is 0 Å². The maximum absolute atomic E-state index is 10.2. The van der Waals surface area contributed by atoms with Gasteiger partial charge in [0.2, 0.25) is 0 Å². The largest absolute Gasteiger partial charge is 0.438 e. The Morgan fingerprint density at radius 3 is 1.48 bits per heavy atom. The molecule has 1 nitrogen and oxygen atoms in total. The first-order valence-electron chi connectivity index (χ1n) is 6.68. The van der Waals surface area contributed by atoms with E-state index in [1.54, 1.807) is 0 Å². The molecule has 0 radical (unpaired) electrons. The number of rotatable bonds is 3. The first-order valence-corrected chi connectivity index (χ1v) is 7.58. The fourth-order valence-electron chi connectivity index (χ4n) is 2.04. The minimum atomic E-state index is -4.31. The van der Waals surface area contributed by atoms with Crippen LogP contribution in [0.3, 0.4) is 0 Å². The number of piperidine rings is 1. The van der Waals surface area contributed by atoms with Crippen LogP contribution in [0.15, 0.2) is 0 Å². The Balaban J connectivity index is 0. The van der Waals surface area contributed by atoms with Gasteiger partial charge in [-0.15, -0.1) is 0 Å². The second kappa shape index (κ2) is 10.9. The Hall–Kier alpha value is 0.240. The number of alkyl halides is 6. The Morgan fingerprint density at radius 1 is 0.857 bits per heavy atom. The van der Waals surface area contributed by atoms with Gasteiger partial charge in [-0.2, -0.15) is 26.3 Å². The van der Waals surface area contributed by atoms with Crippen molar-refractivity contribution in [2.75, 3.05) is 26.7 Å². The Bertz CT molecular complexity index is 225. The van der Waals surface area contributed by atoms with Crippen LogP contribution in [0.25, 0.3) is 0 Å². The van der Waals surface area contributed by atoms with Crippen molar-refractivity contribution >= 4 is 25.3 Å². The van der Waals surface area contributed by atoms with Gasteiger partial charge in [0, 0.05) is 0 Å². The number of hydrogen-bond donors (Lipinski definition) is 2. The normalized spacial score (nSPS) is 18.0. The highest BCUT2D eigenvalue weighted by molar-refractivity contribution is 7.81. The van der Waals surface area contributed by atoms with Crippen LogP contribution >= 0.6 is 25.3 Å². The number of thiol groups is 2. The molecule has 1 heterocycles. The zero-order valence-corrected chi connectivity index (χ0v) is 14.1. The van der Waals surface area contributed by atoms with Gasteiger partial charge in [-0.1, -0.05) is 38.6 Å². The van der Waals surface area contributed by atoms with Crippen molar-refractivity contribution in [3.8, 4) is 0 Å². The summed E-state index contributed by atoms with van der Waals surface area (Å²) in [6, 6.07) is 0. The van der Waals surface area contributed by atoms with Crippen molar-refractivity contribution in [2.45, 2.75) is 50.0 Å². The zero-order valence-electron chi connectivity index (χ0n) is 12.3. The molecule has 0 aromatic rings. The van der Waals surface area contributed by atoms with Crippen LogP contribution in [-0.2, 0) is 0 Å². The first-order chi connectivity index (χ1) is 9.27. The molecule has 0 amide bonds. The number of halogens is 6. The van der Waals surface area contributed by atoms with Gasteiger partial charge in [-0.3, -0.25) is 0 Å². The second-order valence-electron chi connectivity index (χ2n) is 5.14. The summed E-state index contributed by atoms with van der Waals surface area (Å²) in [6.07, 6.45) is 7.16. The SMILES string of the molecule is CCCC[N+]1(C)CCCCC1.FC(F)(F)S.FC(F)(F)S. The molecule has 0 spiro atoms.